The monoisotopic (exact) mass is 238 g/mol. The van der Waals surface area contributed by atoms with Gasteiger partial charge in [-0.25, -0.2) is 0 Å². The zero-order valence-corrected chi connectivity index (χ0v) is 9.46. The Labute approximate surface area is 104 Å². The Balaban J connectivity index is 0.000000169. The van der Waals surface area contributed by atoms with E-state index >= 15 is 0 Å². The van der Waals surface area contributed by atoms with Crippen molar-refractivity contribution in [1.82, 2.24) is 30.1 Å². The molecule has 3 rings (SSSR count). The molecule has 18 heavy (non-hydrogen) atoms. The smallest absolute Gasteiger partial charge is 0.113 e. The van der Waals surface area contributed by atoms with Gasteiger partial charge < -0.3 is 0 Å². The lowest BCUT2D eigenvalue weighted by Gasteiger charge is -1.94. The molecular formula is C12H10N6. The Hall–Kier alpha value is -2.76. The highest BCUT2D eigenvalue weighted by Crippen LogP contribution is 2.08. The van der Waals surface area contributed by atoms with Gasteiger partial charge in [-0.15, -0.1) is 5.10 Å². The minimum Gasteiger partial charge on any atom is -0.262 e. The van der Waals surface area contributed by atoms with E-state index in [2.05, 4.69) is 30.1 Å². The van der Waals surface area contributed by atoms with E-state index in [1.54, 1.807) is 49.6 Å². The predicted molar refractivity (Wildman–Crippen MR) is 65.1 cm³/mol. The fourth-order valence-electron chi connectivity index (χ4n) is 1.12. The Morgan fingerprint density at radius 3 is 1.89 bits per heavy atom. The molecule has 0 unspecified atom stereocenters. The Bertz CT molecular complexity index is 479. The molecule has 0 saturated carbocycles. The first kappa shape index (κ1) is 11.7. The summed E-state index contributed by atoms with van der Waals surface area (Å²) >= 11 is 0. The standard InChI is InChI=1S/C8H6N4.C4H4N2/c1-2-7(12-11-3-1)8-6-9-4-5-10-8;1-2-6-4-3-5-1/h1-6H;1-4H. The van der Waals surface area contributed by atoms with Crippen LogP contribution in [-0.2, 0) is 0 Å². The number of rotatable bonds is 1. The van der Waals surface area contributed by atoms with E-state index in [0.29, 0.717) is 0 Å². The maximum atomic E-state index is 4.08. The Morgan fingerprint density at radius 2 is 1.39 bits per heavy atom. The topological polar surface area (TPSA) is 77.3 Å². The second-order valence-electron chi connectivity index (χ2n) is 3.09. The molecule has 0 saturated heterocycles. The Morgan fingerprint density at radius 1 is 0.667 bits per heavy atom. The van der Waals surface area contributed by atoms with E-state index in [9.17, 15) is 0 Å². The van der Waals surface area contributed by atoms with E-state index in [0.717, 1.165) is 11.4 Å². The van der Waals surface area contributed by atoms with E-state index in [-0.39, 0.29) is 0 Å². The summed E-state index contributed by atoms with van der Waals surface area (Å²) in [6.45, 7) is 0. The van der Waals surface area contributed by atoms with Crippen molar-refractivity contribution in [3.05, 3.63) is 61.7 Å². The molecule has 0 aliphatic carbocycles. The van der Waals surface area contributed by atoms with Gasteiger partial charge in [0.1, 0.15) is 11.4 Å². The van der Waals surface area contributed by atoms with Gasteiger partial charge in [-0.2, -0.15) is 5.10 Å². The van der Waals surface area contributed by atoms with Crippen LogP contribution in [0.15, 0.2) is 61.7 Å². The molecule has 0 radical (unpaired) electrons. The lowest BCUT2D eigenvalue weighted by atomic mass is 10.3. The number of nitrogens with zero attached hydrogens (tertiary/aromatic N) is 6. The molecule has 88 valence electrons. The van der Waals surface area contributed by atoms with Crippen molar-refractivity contribution in [2.75, 3.05) is 0 Å². The van der Waals surface area contributed by atoms with Gasteiger partial charge in [-0.05, 0) is 12.1 Å². The second-order valence-corrected chi connectivity index (χ2v) is 3.09. The van der Waals surface area contributed by atoms with Crippen LogP contribution in [-0.4, -0.2) is 30.1 Å². The van der Waals surface area contributed by atoms with Crippen LogP contribution in [0.25, 0.3) is 11.4 Å². The van der Waals surface area contributed by atoms with Crippen molar-refractivity contribution in [2.45, 2.75) is 0 Å². The van der Waals surface area contributed by atoms with Gasteiger partial charge in [0.2, 0.25) is 0 Å². The summed E-state index contributed by atoms with van der Waals surface area (Å²) in [4.78, 5) is 15.5. The van der Waals surface area contributed by atoms with Gasteiger partial charge in [0.25, 0.3) is 0 Å². The molecule has 3 aromatic heterocycles. The summed E-state index contributed by atoms with van der Waals surface area (Å²) in [7, 11) is 0. The highest BCUT2D eigenvalue weighted by molar-refractivity contribution is 5.50. The van der Waals surface area contributed by atoms with Crippen LogP contribution in [0, 0.1) is 0 Å². The molecular weight excluding hydrogens is 228 g/mol. The molecule has 0 aliphatic rings. The molecule has 3 heterocycles. The van der Waals surface area contributed by atoms with Gasteiger partial charge in [0.15, 0.2) is 0 Å². The van der Waals surface area contributed by atoms with Crippen LogP contribution in [0.2, 0.25) is 0 Å². The minimum absolute atomic E-state index is 0.741. The van der Waals surface area contributed by atoms with Gasteiger partial charge in [-0.3, -0.25) is 19.9 Å². The van der Waals surface area contributed by atoms with E-state index in [1.807, 2.05) is 12.1 Å². The first-order valence-electron chi connectivity index (χ1n) is 5.21. The molecule has 0 aromatic carbocycles. The van der Waals surface area contributed by atoms with Crippen LogP contribution in [0.4, 0.5) is 0 Å². The normalized spacial score (nSPS) is 9.11. The second kappa shape index (κ2) is 6.74. The first-order chi connectivity index (χ1) is 8.97. The van der Waals surface area contributed by atoms with Crippen molar-refractivity contribution < 1.29 is 0 Å². The Kier molecular flexibility index (Phi) is 4.39. The maximum absolute atomic E-state index is 4.08. The molecule has 0 amide bonds. The molecule has 0 spiro atoms. The third kappa shape index (κ3) is 3.67. The summed E-state index contributed by atoms with van der Waals surface area (Å²) in [5, 5.41) is 7.64. The highest BCUT2D eigenvalue weighted by Gasteiger charge is 1.97. The van der Waals surface area contributed by atoms with Crippen molar-refractivity contribution in [2.24, 2.45) is 0 Å². The fraction of sp³-hybridized carbons (Fsp3) is 0. The van der Waals surface area contributed by atoms with Crippen LogP contribution < -0.4 is 0 Å². The van der Waals surface area contributed by atoms with Crippen LogP contribution in [0.1, 0.15) is 0 Å². The summed E-state index contributed by atoms with van der Waals surface area (Å²) in [5.74, 6) is 0. The summed E-state index contributed by atoms with van der Waals surface area (Å²) < 4.78 is 0. The quantitative estimate of drug-likeness (QED) is 0.638. The molecule has 0 aliphatic heterocycles. The average molecular weight is 238 g/mol. The van der Waals surface area contributed by atoms with Crippen LogP contribution in [0.3, 0.4) is 0 Å². The summed E-state index contributed by atoms with van der Waals surface area (Å²) in [6.07, 6.45) is 13.1. The van der Waals surface area contributed by atoms with Crippen LogP contribution in [0.5, 0.6) is 0 Å². The SMILES string of the molecule is c1cnccn1.c1cnnc(-c2cnccn2)c1. The molecule has 3 aromatic rings. The molecule has 0 fully saturated rings. The number of aromatic nitrogens is 6. The van der Waals surface area contributed by atoms with Crippen LogP contribution >= 0.6 is 0 Å². The lowest BCUT2D eigenvalue weighted by Crippen LogP contribution is -1.88. The van der Waals surface area contributed by atoms with Gasteiger partial charge in [0.05, 0.1) is 6.20 Å². The summed E-state index contributed by atoms with van der Waals surface area (Å²) in [5.41, 5.74) is 1.48. The van der Waals surface area contributed by atoms with E-state index in [4.69, 9.17) is 0 Å². The van der Waals surface area contributed by atoms with Crippen molar-refractivity contribution >= 4 is 0 Å². The molecule has 0 N–H and O–H groups in total. The van der Waals surface area contributed by atoms with Crippen molar-refractivity contribution in [1.29, 1.82) is 0 Å². The van der Waals surface area contributed by atoms with Gasteiger partial charge >= 0.3 is 0 Å². The molecule has 0 bridgehead atoms. The number of hydrogen-bond acceptors (Lipinski definition) is 6. The fourth-order valence-corrected chi connectivity index (χ4v) is 1.12. The van der Waals surface area contributed by atoms with E-state index < -0.39 is 0 Å². The van der Waals surface area contributed by atoms with E-state index in [1.165, 1.54) is 0 Å². The highest BCUT2D eigenvalue weighted by atomic mass is 15.1. The van der Waals surface area contributed by atoms with Gasteiger partial charge in [0, 0.05) is 43.4 Å². The third-order valence-corrected chi connectivity index (χ3v) is 1.88. The molecule has 0 atom stereocenters. The first-order valence-corrected chi connectivity index (χ1v) is 5.21. The summed E-state index contributed by atoms with van der Waals surface area (Å²) in [6, 6.07) is 3.66. The zero-order valence-electron chi connectivity index (χ0n) is 9.46. The zero-order chi connectivity index (χ0) is 12.5. The number of hydrogen-bond donors (Lipinski definition) is 0. The van der Waals surface area contributed by atoms with Gasteiger partial charge in [-0.1, -0.05) is 0 Å². The lowest BCUT2D eigenvalue weighted by molar-refractivity contribution is 1.02. The maximum Gasteiger partial charge on any atom is 0.113 e. The molecule has 6 heteroatoms. The van der Waals surface area contributed by atoms with Crippen molar-refractivity contribution in [3.63, 3.8) is 0 Å². The predicted octanol–water partition coefficient (Wildman–Crippen LogP) is 1.41. The largest absolute Gasteiger partial charge is 0.262 e. The average Bonchev–Trinajstić information content (AvgIpc) is 2.51. The molecule has 6 nitrogen and oxygen atoms in total. The third-order valence-electron chi connectivity index (χ3n) is 1.88. The minimum atomic E-state index is 0.741. The van der Waals surface area contributed by atoms with Crippen molar-refractivity contribution in [3.8, 4) is 11.4 Å².